The summed E-state index contributed by atoms with van der Waals surface area (Å²) in [7, 11) is 0. The molecule has 1 unspecified atom stereocenters. The molecule has 19 heavy (non-hydrogen) atoms. The number of carboxylic acid groups (broad SMARTS) is 1. The second-order valence-corrected chi connectivity index (χ2v) is 4.93. The first-order chi connectivity index (χ1) is 9.08. The number of amides is 2. The summed E-state index contributed by atoms with van der Waals surface area (Å²) >= 11 is 0. The Morgan fingerprint density at radius 2 is 1.95 bits per heavy atom. The summed E-state index contributed by atoms with van der Waals surface area (Å²) in [6, 6.07) is -1.11. The van der Waals surface area contributed by atoms with Crippen molar-refractivity contribution in [3.8, 4) is 0 Å². The molecule has 0 saturated heterocycles. The molecular weight excluding hydrogens is 246 g/mol. The van der Waals surface area contributed by atoms with Gasteiger partial charge in [-0.1, -0.05) is 13.8 Å². The molecule has 1 aliphatic carbocycles. The molecule has 0 heterocycles. The molecule has 6 heteroatoms. The average Bonchev–Trinajstić information content (AvgIpc) is 3.20. The van der Waals surface area contributed by atoms with E-state index in [9.17, 15) is 9.59 Å². The Kier molecular flexibility index (Phi) is 6.62. The summed E-state index contributed by atoms with van der Waals surface area (Å²) in [6.07, 6.45) is 2.65. The lowest BCUT2D eigenvalue weighted by Crippen LogP contribution is -2.47. The first-order valence-corrected chi connectivity index (χ1v) is 7.08. The molecular formula is C13H25N3O3. The molecule has 110 valence electrons. The number of nitrogens with one attached hydrogen (secondary N) is 2. The van der Waals surface area contributed by atoms with Crippen molar-refractivity contribution >= 4 is 12.0 Å². The molecule has 0 radical (unpaired) electrons. The molecule has 0 aromatic heterocycles. The van der Waals surface area contributed by atoms with E-state index in [1.165, 1.54) is 0 Å². The molecule has 1 fully saturated rings. The van der Waals surface area contributed by atoms with Crippen LogP contribution >= 0.6 is 0 Å². The summed E-state index contributed by atoms with van der Waals surface area (Å²) < 4.78 is 0. The maximum Gasteiger partial charge on any atom is 0.326 e. The van der Waals surface area contributed by atoms with Gasteiger partial charge in [-0.05, 0) is 44.8 Å². The van der Waals surface area contributed by atoms with E-state index in [2.05, 4.69) is 29.4 Å². The standard InChI is InChI=1S/C13H25N3O3/c1-3-16(4-2)9-5-8-14-13(19)15-11(12(17)18)10-6-7-10/h10-11H,3-9H2,1-2H3,(H,17,18)(H2,14,15,19). The van der Waals surface area contributed by atoms with Gasteiger partial charge in [-0.3, -0.25) is 0 Å². The van der Waals surface area contributed by atoms with Crippen molar-refractivity contribution in [1.82, 2.24) is 15.5 Å². The number of rotatable bonds is 9. The van der Waals surface area contributed by atoms with E-state index in [-0.39, 0.29) is 11.9 Å². The normalized spacial score (nSPS) is 16.2. The van der Waals surface area contributed by atoms with Crippen LogP contribution in [-0.4, -0.2) is 54.2 Å². The third-order valence-corrected chi connectivity index (χ3v) is 3.48. The van der Waals surface area contributed by atoms with Crippen molar-refractivity contribution in [2.24, 2.45) is 5.92 Å². The van der Waals surface area contributed by atoms with Gasteiger partial charge in [-0.2, -0.15) is 0 Å². The fourth-order valence-corrected chi connectivity index (χ4v) is 2.05. The van der Waals surface area contributed by atoms with Gasteiger partial charge in [-0.15, -0.1) is 0 Å². The van der Waals surface area contributed by atoms with E-state index in [4.69, 9.17) is 5.11 Å². The van der Waals surface area contributed by atoms with Crippen molar-refractivity contribution in [3.63, 3.8) is 0 Å². The van der Waals surface area contributed by atoms with Crippen molar-refractivity contribution in [1.29, 1.82) is 0 Å². The highest BCUT2D eigenvalue weighted by atomic mass is 16.4. The Morgan fingerprint density at radius 1 is 1.32 bits per heavy atom. The van der Waals surface area contributed by atoms with Crippen molar-refractivity contribution in [3.05, 3.63) is 0 Å². The van der Waals surface area contributed by atoms with Crippen LogP contribution in [0.2, 0.25) is 0 Å². The second kappa shape index (κ2) is 7.99. The van der Waals surface area contributed by atoms with Crippen LogP contribution in [0.4, 0.5) is 4.79 Å². The fraction of sp³-hybridized carbons (Fsp3) is 0.846. The van der Waals surface area contributed by atoms with E-state index >= 15 is 0 Å². The lowest BCUT2D eigenvalue weighted by Gasteiger charge is -2.18. The largest absolute Gasteiger partial charge is 0.480 e. The van der Waals surface area contributed by atoms with Gasteiger partial charge < -0.3 is 20.6 Å². The van der Waals surface area contributed by atoms with Gasteiger partial charge in [0, 0.05) is 6.54 Å². The maximum absolute atomic E-state index is 11.6. The zero-order valence-electron chi connectivity index (χ0n) is 11.8. The zero-order valence-corrected chi connectivity index (χ0v) is 11.8. The predicted molar refractivity (Wildman–Crippen MR) is 73.1 cm³/mol. The Bertz CT molecular complexity index is 302. The van der Waals surface area contributed by atoms with Gasteiger partial charge in [0.1, 0.15) is 6.04 Å². The molecule has 1 atom stereocenters. The van der Waals surface area contributed by atoms with Crippen LogP contribution in [0.5, 0.6) is 0 Å². The van der Waals surface area contributed by atoms with Crippen LogP contribution in [0.15, 0.2) is 0 Å². The van der Waals surface area contributed by atoms with E-state index in [0.717, 1.165) is 38.9 Å². The van der Waals surface area contributed by atoms with Crippen LogP contribution in [0.25, 0.3) is 0 Å². The molecule has 0 aromatic carbocycles. The Labute approximate surface area is 114 Å². The molecule has 0 aliphatic heterocycles. The van der Waals surface area contributed by atoms with Gasteiger partial charge in [-0.25, -0.2) is 9.59 Å². The summed E-state index contributed by atoms with van der Waals surface area (Å²) in [5.74, 6) is -0.834. The molecule has 1 rings (SSSR count). The minimum absolute atomic E-state index is 0.110. The summed E-state index contributed by atoms with van der Waals surface area (Å²) in [5, 5.41) is 14.2. The lowest BCUT2D eigenvalue weighted by atomic mass is 10.2. The fourth-order valence-electron chi connectivity index (χ4n) is 2.05. The van der Waals surface area contributed by atoms with Gasteiger partial charge in [0.15, 0.2) is 0 Å². The Balaban J connectivity index is 2.15. The number of carbonyl (C=O) groups is 2. The first kappa shape index (κ1) is 15.8. The van der Waals surface area contributed by atoms with Crippen molar-refractivity contribution in [2.45, 2.75) is 39.2 Å². The highest BCUT2D eigenvalue weighted by molar-refractivity contribution is 5.83. The Morgan fingerprint density at radius 3 is 2.42 bits per heavy atom. The van der Waals surface area contributed by atoms with Gasteiger partial charge in [0.25, 0.3) is 0 Å². The number of urea groups is 1. The molecule has 6 nitrogen and oxygen atoms in total. The number of nitrogens with zero attached hydrogens (tertiary/aromatic N) is 1. The summed E-state index contributed by atoms with van der Waals surface area (Å²) in [5.41, 5.74) is 0. The van der Waals surface area contributed by atoms with Gasteiger partial charge in [0.05, 0.1) is 0 Å². The number of carbonyl (C=O) groups excluding carboxylic acids is 1. The van der Waals surface area contributed by atoms with E-state index in [1.807, 2.05) is 0 Å². The SMILES string of the molecule is CCN(CC)CCCNC(=O)NC(C(=O)O)C1CC1. The van der Waals surface area contributed by atoms with Gasteiger partial charge >= 0.3 is 12.0 Å². The van der Waals surface area contributed by atoms with E-state index in [1.54, 1.807) is 0 Å². The molecule has 1 aliphatic rings. The smallest absolute Gasteiger partial charge is 0.326 e. The number of hydrogen-bond donors (Lipinski definition) is 3. The van der Waals surface area contributed by atoms with Crippen LogP contribution in [0, 0.1) is 5.92 Å². The quantitative estimate of drug-likeness (QED) is 0.544. The minimum Gasteiger partial charge on any atom is -0.480 e. The lowest BCUT2D eigenvalue weighted by molar-refractivity contribution is -0.139. The first-order valence-electron chi connectivity index (χ1n) is 7.08. The number of carboxylic acids is 1. The third kappa shape index (κ3) is 5.92. The predicted octanol–water partition coefficient (Wildman–Crippen LogP) is 0.881. The summed E-state index contributed by atoms with van der Waals surface area (Å²) in [6.45, 7) is 7.74. The van der Waals surface area contributed by atoms with Crippen molar-refractivity contribution < 1.29 is 14.7 Å². The maximum atomic E-state index is 11.6. The van der Waals surface area contributed by atoms with Crippen molar-refractivity contribution in [2.75, 3.05) is 26.2 Å². The number of hydrogen-bond acceptors (Lipinski definition) is 3. The monoisotopic (exact) mass is 271 g/mol. The third-order valence-electron chi connectivity index (χ3n) is 3.48. The topological polar surface area (TPSA) is 81.7 Å². The molecule has 0 aromatic rings. The highest BCUT2D eigenvalue weighted by Gasteiger charge is 2.37. The zero-order chi connectivity index (χ0) is 14.3. The Hall–Kier alpha value is -1.30. The highest BCUT2D eigenvalue weighted by Crippen LogP contribution is 2.32. The van der Waals surface area contributed by atoms with Crippen LogP contribution in [0.3, 0.4) is 0 Å². The molecule has 0 spiro atoms. The molecule has 2 amide bonds. The van der Waals surface area contributed by atoms with E-state index < -0.39 is 12.0 Å². The molecule has 1 saturated carbocycles. The van der Waals surface area contributed by atoms with E-state index in [0.29, 0.717) is 6.54 Å². The van der Waals surface area contributed by atoms with Crippen LogP contribution < -0.4 is 10.6 Å². The minimum atomic E-state index is -0.944. The summed E-state index contributed by atoms with van der Waals surface area (Å²) in [4.78, 5) is 24.8. The second-order valence-electron chi connectivity index (χ2n) is 4.93. The molecule has 3 N–H and O–H groups in total. The van der Waals surface area contributed by atoms with Crippen LogP contribution in [0.1, 0.15) is 33.1 Å². The average molecular weight is 271 g/mol. The van der Waals surface area contributed by atoms with Gasteiger partial charge in [0.2, 0.25) is 0 Å². The van der Waals surface area contributed by atoms with Crippen LogP contribution in [-0.2, 0) is 4.79 Å². The number of aliphatic carboxylic acids is 1. The molecule has 0 bridgehead atoms.